The monoisotopic (exact) mass is 1200 g/mol. The summed E-state index contributed by atoms with van der Waals surface area (Å²) < 4.78 is 45.7. The molecule has 10 rings (SSSR count). The number of carbonyl (C=O) groups excluding carboxylic acids is 6. The first kappa shape index (κ1) is 64.2. The second-order valence-electron chi connectivity index (χ2n) is 25.6. The van der Waals surface area contributed by atoms with E-state index in [1.165, 1.54) is 24.0 Å². The molecule has 0 radical (unpaired) electrons. The average Bonchev–Trinajstić information content (AvgIpc) is 1.78. The lowest BCUT2D eigenvalue weighted by molar-refractivity contribution is -0.159. The van der Waals surface area contributed by atoms with Crippen molar-refractivity contribution in [1.29, 1.82) is 0 Å². The number of fused-ring (bicyclic) bond motifs is 2. The fraction of sp³-hybridized carbons (Fsp3) is 0.486. The van der Waals surface area contributed by atoms with E-state index in [-0.39, 0.29) is 74.7 Å². The van der Waals surface area contributed by atoms with Crippen LogP contribution in [0.5, 0.6) is 23.0 Å². The summed E-state index contributed by atoms with van der Waals surface area (Å²) in [6.07, 6.45) is 6.87. The van der Waals surface area contributed by atoms with Crippen LogP contribution in [0, 0.1) is 22.7 Å². The first-order chi connectivity index (χ1) is 42.1. The lowest BCUT2D eigenvalue weighted by Crippen LogP contribution is -2.47. The van der Waals surface area contributed by atoms with Crippen molar-refractivity contribution in [2.45, 2.75) is 155 Å². The van der Waals surface area contributed by atoms with Gasteiger partial charge in [-0.05, 0) is 86.5 Å². The number of benzene rings is 4. The lowest BCUT2D eigenvalue weighted by atomic mass is 9.77. The van der Waals surface area contributed by atoms with Crippen LogP contribution in [0.3, 0.4) is 0 Å². The van der Waals surface area contributed by atoms with E-state index in [1.54, 1.807) is 14.2 Å². The molecule has 2 amide bonds. The fourth-order valence-electron chi connectivity index (χ4n) is 12.4. The minimum Gasteiger partial charge on any atom is -0.497 e. The molecule has 468 valence electrons. The molecule has 0 bridgehead atoms. The van der Waals surface area contributed by atoms with Gasteiger partial charge in [0.1, 0.15) is 59.5 Å². The van der Waals surface area contributed by atoms with Gasteiger partial charge in [0.25, 0.3) is 0 Å². The molecule has 4 fully saturated rings. The van der Waals surface area contributed by atoms with E-state index in [0.29, 0.717) is 34.0 Å². The topological polar surface area (TPSA) is 209 Å². The summed E-state index contributed by atoms with van der Waals surface area (Å²) >= 11 is 0. The molecule has 4 heterocycles. The van der Waals surface area contributed by atoms with Crippen LogP contribution in [0.4, 0.5) is 0 Å². The third kappa shape index (κ3) is 15.5. The van der Waals surface area contributed by atoms with Crippen molar-refractivity contribution in [3.63, 3.8) is 0 Å². The molecule has 2 saturated heterocycles. The zero-order valence-corrected chi connectivity index (χ0v) is 52.4. The number of carbonyl (C=O) groups is 6. The number of nitrogens with zero attached hydrogens (tertiary/aromatic N) is 4. The van der Waals surface area contributed by atoms with Crippen molar-refractivity contribution in [1.82, 2.24) is 19.8 Å². The number of hydrogen-bond acceptors (Lipinski definition) is 16. The molecule has 2 aliphatic heterocycles. The van der Waals surface area contributed by atoms with Crippen molar-refractivity contribution in [3.05, 3.63) is 109 Å². The van der Waals surface area contributed by atoms with E-state index >= 15 is 0 Å². The third-order valence-corrected chi connectivity index (χ3v) is 17.4. The standard InChI is InChI=1S/2C35H42N2O7/c2*1-35(2,3)27(19-32(38)44-23-13-9-10-14-23)33(39)37-21-25(18-30(37)34(40)42-5)43-31-20-28(22-11-7-6-8-12-22)36-29-17-24(41-4)15-16-26(29)31/h2*6-8,11-12,15-17,20,23,25,27,30H,9-10,13-14,18-19,21H2,1-5H3/t2*25-,27-,30+/m11/s1. The Morgan fingerprint density at radius 2 is 0.852 bits per heavy atom. The van der Waals surface area contributed by atoms with Gasteiger partial charge < -0.3 is 47.7 Å². The molecule has 88 heavy (non-hydrogen) atoms. The van der Waals surface area contributed by atoms with Crippen LogP contribution in [0.25, 0.3) is 44.3 Å². The smallest absolute Gasteiger partial charge is 0.328 e. The Morgan fingerprint density at radius 3 is 1.18 bits per heavy atom. The number of likely N-dealkylation sites (tertiary alicyclic amines) is 2. The van der Waals surface area contributed by atoms with Gasteiger partial charge in [0, 0.05) is 59.0 Å². The van der Waals surface area contributed by atoms with Gasteiger partial charge in [-0.1, -0.05) is 102 Å². The van der Waals surface area contributed by atoms with E-state index in [1.807, 2.05) is 151 Å². The Hall–Kier alpha value is -8.28. The first-order valence-corrected chi connectivity index (χ1v) is 30.7. The molecule has 6 atom stereocenters. The number of amides is 2. The van der Waals surface area contributed by atoms with Crippen LogP contribution in [0.15, 0.2) is 109 Å². The second-order valence-corrected chi connectivity index (χ2v) is 25.6. The van der Waals surface area contributed by atoms with Gasteiger partial charge in [-0.2, -0.15) is 0 Å². The van der Waals surface area contributed by atoms with Crippen LogP contribution in [-0.2, 0) is 47.7 Å². The molecule has 18 nitrogen and oxygen atoms in total. The van der Waals surface area contributed by atoms with Crippen molar-refractivity contribution < 1.29 is 66.7 Å². The Bertz CT molecular complexity index is 3220. The fourth-order valence-corrected chi connectivity index (χ4v) is 12.4. The van der Waals surface area contributed by atoms with E-state index in [2.05, 4.69) is 0 Å². The minimum absolute atomic E-state index is 0.0496. The molecule has 0 unspecified atom stereocenters. The predicted molar refractivity (Wildman–Crippen MR) is 332 cm³/mol. The highest BCUT2D eigenvalue weighted by Gasteiger charge is 2.48. The highest BCUT2D eigenvalue weighted by Crippen LogP contribution is 2.40. The largest absolute Gasteiger partial charge is 0.497 e. The minimum atomic E-state index is -0.838. The molecule has 0 N–H and O–H groups in total. The van der Waals surface area contributed by atoms with Crippen LogP contribution in [-0.4, -0.2) is 133 Å². The molecule has 2 aliphatic carbocycles. The molecule has 0 spiro atoms. The van der Waals surface area contributed by atoms with Gasteiger partial charge in [0.15, 0.2) is 0 Å². The highest BCUT2D eigenvalue weighted by atomic mass is 16.6. The Morgan fingerprint density at radius 1 is 0.489 bits per heavy atom. The number of aromatic nitrogens is 2. The summed E-state index contributed by atoms with van der Waals surface area (Å²) in [4.78, 5) is 92.9. The van der Waals surface area contributed by atoms with Crippen LogP contribution in [0.2, 0.25) is 0 Å². The summed E-state index contributed by atoms with van der Waals surface area (Å²) in [5.74, 6) is -1.18. The van der Waals surface area contributed by atoms with Gasteiger partial charge in [-0.25, -0.2) is 19.6 Å². The van der Waals surface area contributed by atoms with Gasteiger partial charge in [-0.3, -0.25) is 19.2 Å². The Labute approximate surface area is 515 Å². The van der Waals surface area contributed by atoms with Crippen LogP contribution in [0.1, 0.15) is 119 Å². The van der Waals surface area contributed by atoms with Crippen molar-refractivity contribution in [2.75, 3.05) is 41.5 Å². The summed E-state index contributed by atoms with van der Waals surface area (Å²) in [6.45, 7) is 11.9. The predicted octanol–water partition coefficient (Wildman–Crippen LogP) is 11.9. The summed E-state index contributed by atoms with van der Waals surface area (Å²) in [7, 11) is 5.84. The quantitative estimate of drug-likeness (QED) is 0.0579. The van der Waals surface area contributed by atoms with E-state index in [4.69, 9.17) is 47.9 Å². The number of pyridine rings is 2. The molecular weight excluding hydrogens is 1120 g/mol. The van der Waals surface area contributed by atoms with Crippen molar-refractivity contribution in [3.8, 4) is 45.5 Å². The van der Waals surface area contributed by atoms with E-state index in [9.17, 15) is 28.8 Å². The van der Waals surface area contributed by atoms with E-state index in [0.717, 1.165) is 84.7 Å². The summed E-state index contributed by atoms with van der Waals surface area (Å²) in [6, 6.07) is 32.9. The highest BCUT2D eigenvalue weighted by molar-refractivity contribution is 5.92. The van der Waals surface area contributed by atoms with Gasteiger partial charge in [-0.15, -0.1) is 0 Å². The Kier molecular flexibility index (Phi) is 20.6. The maximum absolute atomic E-state index is 14.1. The normalized spacial score (nSPS) is 19.5. The Balaban J connectivity index is 0.000000209. The molecule has 4 aromatic carbocycles. The van der Waals surface area contributed by atoms with Gasteiger partial charge >= 0.3 is 23.9 Å². The molecule has 2 aromatic heterocycles. The SMILES string of the molecule is COC(=O)[C@@H]1C[C@@H](Oc2cc(-c3ccccc3)nc3cc(OC)ccc23)CN1C(=O)[C@@H](CC(=O)OC1CCCC1)C(C)(C)C.COC(=O)[C@@H]1C[C@@H](Oc2cc(-c3ccccc3)nc3cc(OC)ccc23)CN1C(=O)[C@@H](CC(=O)OC1CCCC1)C(C)(C)C. The maximum Gasteiger partial charge on any atom is 0.328 e. The zero-order chi connectivity index (χ0) is 62.9. The van der Waals surface area contributed by atoms with Gasteiger partial charge in [0.05, 0.1) is 88.6 Å². The number of esters is 4. The lowest BCUT2D eigenvalue weighted by Gasteiger charge is -2.34. The van der Waals surface area contributed by atoms with E-state index < -0.39 is 58.9 Å². The van der Waals surface area contributed by atoms with Crippen LogP contribution >= 0.6 is 0 Å². The molecule has 4 aliphatic rings. The van der Waals surface area contributed by atoms with Crippen LogP contribution < -0.4 is 18.9 Å². The van der Waals surface area contributed by atoms with Crippen molar-refractivity contribution >= 4 is 57.5 Å². The first-order valence-electron chi connectivity index (χ1n) is 30.7. The van der Waals surface area contributed by atoms with Gasteiger partial charge in [0.2, 0.25) is 11.8 Å². The molecular formula is C70H84N4O14. The number of rotatable bonds is 18. The van der Waals surface area contributed by atoms with Crippen molar-refractivity contribution in [2.24, 2.45) is 22.7 Å². The molecule has 2 saturated carbocycles. The second kappa shape index (κ2) is 28.3. The maximum atomic E-state index is 14.1. The summed E-state index contributed by atoms with van der Waals surface area (Å²) in [5.41, 5.74) is 3.61. The third-order valence-electron chi connectivity index (χ3n) is 17.4. The molecule has 18 heteroatoms. The summed E-state index contributed by atoms with van der Waals surface area (Å²) in [5, 5.41) is 1.57. The average molecular weight is 1210 g/mol. The number of hydrogen-bond donors (Lipinski definition) is 0. The number of methoxy groups -OCH3 is 4. The number of ether oxygens (including phenoxy) is 8. The zero-order valence-electron chi connectivity index (χ0n) is 52.4. The molecule has 6 aromatic rings.